The molecule has 30 heavy (non-hydrogen) atoms. The Labute approximate surface area is 182 Å². The Morgan fingerprint density at radius 1 is 1.07 bits per heavy atom. The number of piperazine rings is 1. The van der Waals surface area contributed by atoms with Gasteiger partial charge in [0.1, 0.15) is 5.75 Å². The highest BCUT2D eigenvalue weighted by Crippen LogP contribution is 2.24. The number of rotatable bonds is 6. The molecule has 1 fully saturated rings. The van der Waals surface area contributed by atoms with Crippen molar-refractivity contribution in [1.82, 2.24) is 14.9 Å². The van der Waals surface area contributed by atoms with Gasteiger partial charge in [-0.2, -0.15) is 0 Å². The molecule has 1 saturated heterocycles. The van der Waals surface area contributed by atoms with Crippen molar-refractivity contribution in [3.8, 4) is 5.75 Å². The first-order valence-electron chi connectivity index (χ1n) is 10.1. The van der Waals surface area contributed by atoms with Gasteiger partial charge < -0.3 is 19.9 Å². The minimum atomic E-state index is 0.532. The lowest BCUT2D eigenvalue weighted by atomic mass is 10.1. The van der Waals surface area contributed by atoms with Gasteiger partial charge >= 0.3 is 0 Å². The molecule has 0 radical (unpaired) electrons. The lowest BCUT2D eigenvalue weighted by Gasteiger charge is -2.34. The number of hydrogen-bond acceptors (Lipinski definition) is 6. The summed E-state index contributed by atoms with van der Waals surface area (Å²) in [7, 11) is 3.83. The topological polar surface area (TPSA) is 53.5 Å². The summed E-state index contributed by atoms with van der Waals surface area (Å²) in [6, 6.07) is 16.3. The van der Waals surface area contributed by atoms with Crippen LogP contribution < -0.4 is 15.0 Å². The van der Waals surface area contributed by atoms with Crippen LogP contribution in [0.4, 0.5) is 17.3 Å². The summed E-state index contributed by atoms with van der Waals surface area (Å²) in [5.74, 6) is 1.35. The zero-order valence-corrected chi connectivity index (χ0v) is 18.1. The van der Waals surface area contributed by atoms with Crippen molar-refractivity contribution in [3.05, 3.63) is 71.0 Å². The predicted octanol–water partition coefficient (Wildman–Crippen LogP) is 4.22. The average Bonchev–Trinajstić information content (AvgIpc) is 2.77. The van der Waals surface area contributed by atoms with Crippen LogP contribution in [0.3, 0.4) is 0 Å². The highest BCUT2D eigenvalue weighted by atomic mass is 35.5. The smallest absolute Gasteiger partial charge is 0.227 e. The Bertz CT molecular complexity index is 987. The lowest BCUT2D eigenvalue weighted by Crippen LogP contribution is -2.44. The largest absolute Gasteiger partial charge is 0.497 e. The lowest BCUT2D eigenvalue weighted by molar-refractivity contribution is 0.313. The van der Waals surface area contributed by atoms with Crippen LogP contribution in [0.15, 0.2) is 54.7 Å². The third kappa shape index (κ3) is 5.01. The standard InChI is InChI=1S/C23H26ClN5O/c1-28-10-12-29(13-11-28)19-8-6-18(7-9-19)26-23-25-16-21(24)22(27-23)15-17-4-3-5-20(14-17)30-2/h3-9,14,16H,10-13,15H2,1-2H3,(H,25,26,27). The van der Waals surface area contributed by atoms with Crippen molar-refractivity contribution in [3.63, 3.8) is 0 Å². The van der Waals surface area contributed by atoms with Crippen molar-refractivity contribution in [2.45, 2.75) is 6.42 Å². The first-order chi connectivity index (χ1) is 14.6. The minimum absolute atomic E-state index is 0.532. The number of benzene rings is 2. The van der Waals surface area contributed by atoms with E-state index in [4.69, 9.17) is 16.3 Å². The van der Waals surface area contributed by atoms with Crippen molar-refractivity contribution in [2.24, 2.45) is 0 Å². The molecule has 2 aromatic carbocycles. The fraction of sp³-hybridized carbons (Fsp3) is 0.304. The highest BCUT2D eigenvalue weighted by Gasteiger charge is 2.14. The third-order valence-corrected chi connectivity index (χ3v) is 5.63. The number of likely N-dealkylation sites (N-methyl/N-ethyl adjacent to an activating group) is 1. The number of halogens is 1. The summed E-state index contributed by atoms with van der Waals surface area (Å²) < 4.78 is 5.30. The fourth-order valence-electron chi connectivity index (χ4n) is 3.51. The maximum absolute atomic E-state index is 6.35. The van der Waals surface area contributed by atoms with Crippen LogP contribution >= 0.6 is 11.6 Å². The molecule has 0 aliphatic carbocycles. The molecule has 1 N–H and O–H groups in total. The number of hydrogen-bond donors (Lipinski definition) is 1. The van der Waals surface area contributed by atoms with Gasteiger partial charge in [-0.05, 0) is 49.0 Å². The van der Waals surface area contributed by atoms with Gasteiger partial charge in [0, 0.05) is 44.0 Å². The fourth-order valence-corrected chi connectivity index (χ4v) is 3.67. The Morgan fingerprint density at radius 3 is 2.57 bits per heavy atom. The van der Waals surface area contributed by atoms with E-state index in [-0.39, 0.29) is 0 Å². The molecular weight excluding hydrogens is 398 g/mol. The highest BCUT2D eigenvalue weighted by molar-refractivity contribution is 6.31. The Hall–Kier alpha value is -2.83. The van der Waals surface area contributed by atoms with Gasteiger partial charge in [-0.25, -0.2) is 9.97 Å². The molecule has 4 rings (SSSR count). The molecule has 7 heteroatoms. The van der Waals surface area contributed by atoms with E-state index in [2.05, 4.69) is 56.4 Å². The van der Waals surface area contributed by atoms with E-state index >= 15 is 0 Å². The van der Waals surface area contributed by atoms with Gasteiger partial charge in [0.15, 0.2) is 0 Å². The molecule has 0 atom stereocenters. The molecule has 6 nitrogen and oxygen atoms in total. The minimum Gasteiger partial charge on any atom is -0.497 e. The maximum atomic E-state index is 6.35. The SMILES string of the molecule is COc1cccc(Cc2nc(Nc3ccc(N4CCN(C)CC4)cc3)ncc2Cl)c1. The molecule has 1 aliphatic heterocycles. The second-order valence-electron chi connectivity index (χ2n) is 7.48. The first kappa shape index (κ1) is 20.4. The molecular formula is C23H26ClN5O. The van der Waals surface area contributed by atoms with E-state index in [1.54, 1.807) is 13.3 Å². The van der Waals surface area contributed by atoms with Crippen LogP contribution in [-0.2, 0) is 6.42 Å². The van der Waals surface area contributed by atoms with E-state index in [0.29, 0.717) is 17.4 Å². The molecule has 2 heterocycles. The van der Waals surface area contributed by atoms with Crippen LogP contribution in [0.5, 0.6) is 5.75 Å². The van der Waals surface area contributed by atoms with Crippen molar-refractivity contribution in [2.75, 3.05) is 50.6 Å². The summed E-state index contributed by atoms with van der Waals surface area (Å²) in [6.07, 6.45) is 2.25. The summed E-state index contributed by atoms with van der Waals surface area (Å²) in [6.45, 7) is 4.29. The summed E-state index contributed by atoms with van der Waals surface area (Å²) >= 11 is 6.35. The molecule has 0 unspecified atom stereocenters. The van der Waals surface area contributed by atoms with Crippen LogP contribution in [0.1, 0.15) is 11.3 Å². The second-order valence-corrected chi connectivity index (χ2v) is 7.89. The van der Waals surface area contributed by atoms with Crippen LogP contribution in [0.25, 0.3) is 0 Å². The van der Waals surface area contributed by atoms with Crippen LogP contribution in [0.2, 0.25) is 5.02 Å². The zero-order chi connectivity index (χ0) is 20.9. The maximum Gasteiger partial charge on any atom is 0.227 e. The molecule has 1 aliphatic rings. The van der Waals surface area contributed by atoms with Gasteiger partial charge in [-0.3, -0.25) is 0 Å². The second kappa shape index (κ2) is 9.32. The Kier molecular flexibility index (Phi) is 6.35. The van der Waals surface area contributed by atoms with E-state index in [0.717, 1.165) is 48.9 Å². The molecule has 156 valence electrons. The molecule has 0 saturated carbocycles. The first-order valence-corrected chi connectivity index (χ1v) is 10.4. The van der Waals surface area contributed by atoms with E-state index < -0.39 is 0 Å². The quantitative estimate of drug-likeness (QED) is 0.640. The molecule has 0 bridgehead atoms. The molecule has 0 amide bonds. The number of methoxy groups -OCH3 is 1. The monoisotopic (exact) mass is 423 g/mol. The molecule has 0 spiro atoms. The van der Waals surface area contributed by atoms with Gasteiger partial charge in [-0.1, -0.05) is 23.7 Å². The summed E-state index contributed by atoms with van der Waals surface area (Å²) in [4.78, 5) is 13.7. The third-order valence-electron chi connectivity index (χ3n) is 5.31. The Morgan fingerprint density at radius 2 is 1.83 bits per heavy atom. The van der Waals surface area contributed by atoms with Crippen LogP contribution in [0, 0.1) is 0 Å². The zero-order valence-electron chi connectivity index (χ0n) is 17.3. The number of aromatic nitrogens is 2. The number of anilines is 3. The normalized spacial score (nSPS) is 14.6. The Balaban J connectivity index is 1.45. The average molecular weight is 424 g/mol. The van der Waals surface area contributed by atoms with Crippen LogP contribution in [-0.4, -0.2) is 55.2 Å². The number of nitrogens with one attached hydrogen (secondary N) is 1. The van der Waals surface area contributed by atoms with E-state index in [1.807, 2.05) is 24.3 Å². The summed E-state index contributed by atoms with van der Waals surface area (Å²) in [5, 5.41) is 3.83. The molecule has 3 aromatic rings. The van der Waals surface area contributed by atoms with Gasteiger partial charge in [-0.15, -0.1) is 0 Å². The van der Waals surface area contributed by atoms with Gasteiger partial charge in [0.05, 0.1) is 24.0 Å². The molecule has 1 aromatic heterocycles. The predicted molar refractivity (Wildman–Crippen MR) is 122 cm³/mol. The summed E-state index contributed by atoms with van der Waals surface area (Å²) in [5.41, 5.74) is 4.04. The van der Waals surface area contributed by atoms with E-state index in [9.17, 15) is 0 Å². The van der Waals surface area contributed by atoms with E-state index in [1.165, 1.54) is 5.69 Å². The van der Waals surface area contributed by atoms with Crippen molar-refractivity contribution < 1.29 is 4.74 Å². The van der Waals surface area contributed by atoms with Gasteiger partial charge in [0.2, 0.25) is 5.95 Å². The van der Waals surface area contributed by atoms with Crippen molar-refractivity contribution >= 4 is 28.9 Å². The van der Waals surface area contributed by atoms with Gasteiger partial charge in [0.25, 0.3) is 0 Å². The number of nitrogens with zero attached hydrogens (tertiary/aromatic N) is 4. The van der Waals surface area contributed by atoms with Crippen molar-refractivity contribution in [1.29, 1.82) is 0 Å². The number of ether oxygens (including phenoxy) is 1.